The summed E-state index contributed by atoms with van der Waals surface area (Å²) in [5.41, 5.74) is 1.70. The smallest absolute Gasteiger partial charge is 0.232 e. The number of nitrogens with zero attached hydrogens (tertiary/aromatic N) is 1. The van der Waals surface area contributed by atoms with Crippen LogP contribution in [0.3, 0.4) is 0 Å². The average Bonchev–Trinajstić information content (AvgIpc) is 2.95. The summed E-state index contributed by atoms with van der Waals surface area (Å²) in [6.45, 7) is 6.24. The Morgan fingerprint density at radius 3 is 2.77 bits per heavy atom. The molecule has 22 heavy (non-hydrogen) atoms. The van der Waals surface area contributed by atoms with Crippen LogP contribution < -0.4 is 5.32 Å². The average molecular weight is 383 g/mol. The molecule has 3 nitrogen and oxygen atoms in total. The van der Waals surface area contributed by atoms with Crippen molar-refractivity contribution < 1.29 is 4.79 Å². The number of amides is 1. The van der Waals surface area contributed by atoms with Gasteiger partial charge < -0.3 is 10.2 Å². The number of hydrogen-bond acceptors (Lipinski definition) is 3. The first-order chi connectivity index (χ1) is 10.6. The zero-order chi connectivity index (χ0) is 15.6. The van der Waals surface area contributed by atoms with Gasteiger partial charge in [0.1, 0.15) is 0 Å². The van der Waals surface area contributed by atoms with Gasteiger partial charge in [-0.25, -0.2) is 0 Å². The molecule has 1 aromatic carbocycles. The Balaban J connectivity index is 1.50. The van der Waals surface area contributed by atoms with Crippen molar-refractivity contribution in [1.29, 1.82) is 0 Å². The van der Waals surface area contributed by atoms with Crippen LogP contribution in [0.1, 0.15) is 24.8 Å². The Bertz CT molecular complexity index is 548. The van der Waals surface area contributed by atoms with E-state index in [1.807, 2.05) is 6.07 Å². The topological polar surface area (TPSA) is 32.3 Å². The fourth-order valence-electron chi connectivity index (χ4n) is 3.46. The minimum atomic E-state index is 0.285. The van der Waals surface area contributed by atoms with Gasteiger partial charge in [0.25, 0.3) is 0 Å². The number of carbonyl (C=O) groups excluding carboxylic acids is 1. The molecule has 1 N–H and O–H groups in total. The number of thioether (sulfide) groups is 1. The molecule has 1 spiro atoms. The molecule has 0 aromatic heterocycles. The van der Waals surface area contributed by atoms with Gasteiger partial charge in [-0.3, -0.25) is 4.79 Å². The molecular formula is C17H23BrN2OS. The largest absolute Gasteiger partial charge is 0.342 e. The molecule has 0 radical (unpaired) electrons. The summed E-state index contributed by atoms with van der Waals surface area (Å²) >= 11 is 5.14. The predicted molar refractivity (Wildman–Crippen MR) is 95.3 cm³/mol. The molecule has 1 aromatic rings. The predicted octanol–water partition coefficient (Wildman–Crippen LogP) is 3.45. The van der Waals surface area contributed by atoms with E-state index >= 15 is 0 Å². The molecular weight excluding hydrogens is 360 g/mol. The maximum atomic E-state index is 12.4. The van der Waals surface area contributed by atoms with E-state index in [-0.39, 0.29) is 5.91 Å². The third kappa shape index (κ3) is 3.69. The summed E-state index contributed by atoms with van der Waals surface area (Å²) in [4.78, 5) is 15.7. The quantitative estimate of drug-likeness (QED) is 0.812. The van der Waals surface area contributed by atoms with Crippen LogP contribution >= 0.6 is 27.7 Å². The summed E-state index contributed by atoms with van der Waals surface area (Å²) in [6, 6.07) is 6.23. The van der Waals surface area contributed by atoms with Gasteiger partial charge in [-0.1, -0.05) is 15.9 Å². The summed E-state index contributed by atoms with van der Waals surface area (Å²) in [5, 5.41) is 3.47. The zero-order valence-corrected chi connectivity index (χ0v) is 15.4. The molecule has 120 valence electrons. The van der Waals surface area contributed by atoms with Gasteiger partial charge in [-0.05, 0) is 61.9 Å². The van der Waals surface area contributed by atoms with Gasteiger partial charge in [0.2, 0.25) is 5.91 Å². The van der Waals surface area contributed by atoms with E-state index in [2.05, 4.69) is 45.2 Å². The van der Waals surface area contributed by atoms with E-state index in [1.54, 1.807) is 11.8 Å². The highest BCUT2D eigenvalue weighted by Crippen LogP contribution is 2.37. The van der Waals surface area contributed by atoms with Crippen molar-refractivity contribution >= 4 is 33.6 Å². The van der Waals surface area contributed by atoms with Gasteiger partial charge in [0.15, 0.2) is 0 Å². The molecule has 2 heterocycles. The fourth-order valence-corrected chi connectivity index (χ4v) is 4.85. The molecule has 3 rings (SSSR count). The highest BCUT2D eigenvalue weighted by atomic mass is 79.9. The number of piperidine rings is 1. The summed E-state index contributed by atoms with van der Waals surface area (Å²) in [5.74, 6) is 0.835. The van der Waals surface area contributed by atoms with Crippen LogP contribution in [0, 0.1) is 12.3 Å². The lowest BCUT2D eigenvalue weighted by Crippen LogP contribution is -2.44. The zero-order valence-electron chi connectivity index (χ0n) is 13.0. The normalized spacial score (nSPS) is 20.5. The second-order valence-electron chi connectivity index (χ2n) is 6.51. The second-order valence-corrected chi connectivity index (χ2v) is 8.44. The van der Waals surface area contributed by atoms with E-state index in [0.717, 1.165) is 43.5 Å². The number of hydrogen-bond donors (Lipinski definition) is 1. The molecule has 5 heteroatoms. The van der Waals surface area contributed by atoms with E-state index in [0.29, 0.717) is 11.2 Å². The molecule has 0 saturated carbocycles. The SMILES string of the molecule is Cc1cc(Br)ccc1SCC(=O)N1CCC2(CCNC2)CC1. The third-order valence-electron chi connectivity index (χ3n) is 5.00. The van der Waals surface area contributed by atoms with Crippen LogP contribution in [-0.2, 0) is 4.79 Å². The molecule has 1 amide bonds. The summed E-state index contributed by atoms with van der Waals surface area (Å²) in [6.07, 6.45) is 3.60. The number of benzene rings is 1. The van der Waals surface area contributed by atoms with Crippen molar-refractivity contribution in [3.8, 4) is 0 Å². The summed E-state index contributed by atoms with van der Waals surface area (Å²) < 4.78 is 1.09. The highest BCUT2D eigenvalue weighted by Gasteiger charge is 2.37. The maximum absolute atomic E-state index is 12.4. The van der Waals surface area contributed by atoms with Crippen LogP contribution in [-0.4, -0.2) is 42.7 Å². The molecule has 0 bridgehead atoms. The van der Waals surface area contributed by atoms with Crippen molar-refractivity contribution in [3.05, 3.63) is 28.2 Å². The van der Waals surface area contributed by atoms with E-state index in [1.165, 1.54) is 16.9 Å². The maximum Gasteiger partial charge on any atom is 0.232 e. The van der Waals surface area contributed by atoms with Crippen LogP contribution in [0.15, 0.2) is 27.6 Å². The van der Waals surface area contributed by atoms with Crippen molar-refractivity contribution in [2.45, 2.75) is 31.1 Å². The van der Waals surface area contributed by atoms with Gasteiger partial charge >= 0.3 is 0 Å². The highest BCUT2D eigenvalue weighted by molar-refractivity contribution is 9.10. The minimum Gasteiger partial charge on any atom is -0.342 e. The van der Waals surface area contributed by atoms with Gasteiger partial charge in [0, 0.05) is 29.0 Å². The van der Waals surface area contributed by atoms with Crippen LogP contribution in [0.4, 0.5) is 0 Å². The standard InChI is InChI=1S/C17H23BrN2OS/c1-13-10-14(18)2-3-15(13)22-11-16(21)20-8-5-17(6-9-20)4-7-19-12-17/h2-3,10,19H,4-9,11-12H2,1H3. The van der Waals surface area contributed by atoms with Crippen molar-refractivity contribution in [1.82, 2.24) is 10.2 Å². The summed E-state index contributed by atoms with van der Waals surface area (Å²) in [7, 11) is 0. The Morgan fingerprint density at radius 2 is 2.14 bits per heavy atom. The molecule has 0 atom stereocenters. The van der Waals surface area contributed by atoms with Crippen molar-refractivity contribution in [2.75, 3.05) is 31.9 Å². The van der Waals surface area contributed by atoms with Gasteiger partial charge in [-0.2, -0.15) is 0 Å². The van der Waals surface area contributed by atoms with Gasteiger partial charge in [-0.15, -0.1) is 11.8 Å². The Kier molecular flexibility index (Phi) is 5.15. The van der Waals surface area contributed by atoms with Crippen molar-refractivity contribution in [2.24, 2.45) is 5.41 Å². The molecule has 0 aliphatic carbocycles. The number of rotatable bonds is 3. The third-order valence-corrected chi connectivity index (χ3v) is 6.65. The fraction of sp³-hybridized carbons (Fsp3) is 0.588. The molecule has 2 aliphatic heterocycles. The second kappa shape index (κ2) is 6.93. The number of likely N-dealkylation sites (tertiary alicyclic amines) is 1. The lowest BCUT2D eigenvalue weighted by atomic mass is 9.78. The molecule has 0 unspecified atom stereocenters. The minimum absolute atomic E-state index is 0.285. The molecule has 2 fully saturated rings. The number of nitrogens with one attached hydrogen (secondary N) is 1. The Morgan fingerprint density at radius 1 is 1.36 bits per heavy atom. The Hall–Kier alpha value is -0.520. The lowest BCUT2D eigenvalue weighted by molar-refractivity contribution is -0.130. The van der Waals surface area contributed by atoms with E-state index in [4.69, 9.17) is 0 Å². The monoisotopic (exact) mass is 382 g/mol. The van der Waals surface area contributed by atoms with Crippen molar-refractivity contribution in [3.63, 3.8) is 0 Å². The van der Waals surface area contributed by atoms with Crippen LogP contribution in [0.5, 0.6) is 0 Å². The molecule has 2 aliphatic rings. The number of halogens is 1. The first kappa shape index (κ1) is 16.3. The van der Waals surface area contributed by atoms with Crippen LogP contribution in [0.25, 0.3) is 0 Å². The lowest BCUT2D eigenvalue weighted by Gasteiger charge is -2.38. The van der Waals surface area contributed by atoms with Gasteiger partial charge in [0.05, 0.1) is 5.75 Å². The van der Waals surface area contributed by atoms with E-state index in [9.17, 15) is 4.79 Å². The Labute approximate surface area is 145 Å². The van der Waals surface area contributed by atoms with Crippen LogP contribution in [0.2, 0.25) is 0 Å². The first-order valence-corrected chi connectivity index (χ1v) is 9.73. The van der Waals surface area contributed by atoms with E-state index < -0.39 is 0 Å². The molecule has 2 saturated heterocycles. The number of carbonyl (C=O) groups is 1. The first-order valence-electron chi connectivity index (χ1n) is 7.95. The number of aryl methyl sites for hydroxylation is 1.